The Labute approximate surface area is 177 Å². The average molecular weight is 420 g/mol. The van der Waals surface area contributed by atoms with Crippen LogP contribution in [0.25, 0.3) is 21.6 Å². The lowest BCUT2D eigenvalue weighted by atomic mass is 10.0. The van der Waals surface area contributed by atoms with Gasteiger partial charge in [-0.3, -0.25) is 4.79 Å². The summed E-state index contributed by atoms with van der Waals surface area (Å²) in [6, 6.07) is 16.1. The quantitative estimate of drug-likeness (QED) is 0.414. The van der Waals surface area contributed by atoms with E-state index in [9.17, 15) is 14.7 Å². The van der Waals surface area contributed by atoms with Crippen LogP contribution in [0.5, 0.6) is 0 Å². The summed E-state index contributed by atoms with van der Waals surface area (Å²) in [4.78, 5) is 25.6. The second-order valence-corrected chi connectivity index (χ2v) is 8.42. The number of carbonyl (C=O) groups is 1. The van der Waals surface area contributed by atoms with Gasteiger partial charge < -0.3 is 14.8 Å². The van der Waals surface area contributed by atoms with E-state index in [-0.39, 0.29) is 17.0 Å². The van der Waals surface area contributed by atoms with Crippen LogP contribution in [0.3, 0.4) is 0 Å². The molecule has 0 saturated heterocycles. The normalized spacial score (nSPS) is 12.1. The predicted molar refractivity (Wildman–Crippen MR) is 121 cm³/mol. The Morgan fingerprint density at radius 3 is 2.43 bits per heavy atom. The fraction of sp³-hybridized carbons (Fsp3) is 0.167. The molecule has 4 aromatic rings. The molecule has 30 heavy (non-hydrogen) atoms. The first-order valence-corrected chi connectivity index (χ1v) is 10.4. The van der Waals surface area contributed by atoms with E-state index < -0.39 is 5.97 Å². The molecule has 5 nitrogen and oxygen atoms in total. The van der Waals surface area contributed by atoms with Gasteiger partial charge in [-0.2, -0.15) is 0 Å². The van der Waals surface area contributed by atoms with Crippen LogP contribution >= 0.6 is 11.3 Å². The lowest BCUT2D eigenvalue weighted by Crippen LogP contribution is -2.12. The molecule has 4 rings (SSSR count). The van der Waals surface area contributed by atoms with E-state index >= 15 is 0 Å². The van der Waals surface area contributed by atoms with Gasteiger partial charge in [0.15, 0.2) is 5.58 Å². The molecule has 0 aliphatic carbocycles. The standard InChI is InChI=1S/C24H21NO4S/c1-13-20(26)23-22(29-21(13)16-9-5-4-6-10-16)19(15(3)30-23)14(2)25-18-12-8-7-11-17(18)24(27)28/h4-12,14,25H,1-3H3,(H,27,28). The van der Waals surface area contributed by atoms with Gasteiger partial charge >= 0.3 is 5.97 Å². The number of rotatable bonds is 5. The molecule has 2 aromatic heterocycles. The molecule has 2 aromatic carbocycles. The monoisotopic (exact) mass is 419 g/mol. The van der Waals surface area contributed by atoms with Crippen LogP contribution in [0, 0.1) is 13.8 Å². The minimum atomic E-state index is -0.995. The van der Waals surface area contributed by atoms with E-state index in [4.69, 9.17) is 4.42 Å². The van der Waals surface area contributed by atoms with Crippen molar-refractivity contribution in [2.45, 2.75) is 26.8 Å². The van der Waals surface area contributed by atoms with E-state index in [1.54, 1.807) is 31.2 Å². The van der Waals surface area contributed by atoms with Gasteiger partial charge in [0.05, 0.1) is 11.6 Å². The number of anilines is 1. The maximum absolute atomic E-state index is 13.1. The summed E-state index contributed by atoms with van der Waals surface area (Å²) < 4.78 is 6.89. The number of nitrogens with one attached hydrogen (secondary N) is 1. The van der Waals surface area contributed by atoms with Crippen LogP contribution in [0.4, 0.5) is 5.69 Å². The Hall–Kier alpha value is -3.38. The highest BCUT2D eigenvalue weighted by atomic mass is 32.1. The van der Waals surface area contributed by atoms with Crippen LogP contribution in [-0.2, 0) is 0 Å². The van der Waals surface area contributed by atoms with Crippen LogP contribution < -0.4 is 10.7 Å². The van der Waals surface area contributed by atoms with E-state index in [2.05, 4.69) is 5.32 Å². The van der Waals surface area contributed by atoms with Crippen LogP contribution in [0.1, 0.15) is 39.3 Å². The Bertz CT molecular complexity index is 1300. The highest BCUT2D eigenvalue weighted by Gasteiger charge is 2.23. The van der Waals surface area contributed by atoms with Crippen LogP contribution in [0.15, 0.2) is 63.8 Å². The van der Waals surface area contributed by atoms with Crippen molar-refractivity contribution in [1.82, 2.24) is 0 Å². The van der Waals surface area contributed by atoms with Crippen molar-refractivity contribution in [2.24, 2.45) is 0 Å². The van der Waals surface area contributed by atoms with Crippen molar-refractivity contribution >= 4 is 33.3 Å². The third-order valence-electron chi connectivity index (χ3n) is 5.18. The van der Waals surface area contributed by atoms with Gasteiger partial charge in [0.2, 0.25) is 5.43 Å². The van der Waals surface area contributed by atoms with Gasteiger partial charge in [0.25, 0.3) is 0 Å². The summed E-state index contributed by atoms with van der Waals surface area (Å²) in [5, 5.41) is 12.8. The van der Waals surface area contributed by atoms with Crippen LogP contribution in [-0.4, -0.2) is 11.1 Å². The molecule has 0 saturated carbocycles. The Balaban J connectivity index is 1.86. The van der Waals surface area contributed by atoms with Crippen molar-refractivity contribution < 1.29 is 14.3 Å². The van der Waals surface area contributed by atoms with Gasteiger partial charge in [-0.05, 0) is 32.9 Å². The summed E-state index contributed by atoms with van der Waals surface area (Å²) in [6.07, 6.45) is 0. The summed E-state index contributed by atoms with van der Waals surface area (Å²) in [7, 11) is 0. The molecule has 1 unspecified atom stereocenters. The first-order valence-electron chi connectivity index (χ1n) is 9.59. The number of carboxylic acids is 1. The molecular weight excluding hydrogens is 398 g/mol. The molecule has 1 atom stereocenters. The molecule has 0 bridgehead atoms. The van der Waals surface area contributed by atoms with Crippen molar-refractivity contribution in [2.75, 3.05) is 5.32 Å². The molecule has 2 N–H and O–H groups in total. The second kappa shape index (κ2) is 7.80. The molecule has 0 fully saturated rings. The van der Waals surface area contributed by atoms with Crippen molar-refractivity contribution in [3.8, 4) is 11.3 Å². The zero-order valence-electron chi connectivity index (χ0n) is 16.9. The van der Waals surface area contributed by atoms with Crippen molar-refractivity contribution in [3.05, 3.63) is 86.4 Å². The van der Waals surface area contributed by atoms with Gasteiger partial charge in [-0.1, -0.05) is 42.5 Å². The summed E-state index contributed by atoms with van der Waals surface area (Å²) in [6.45, 7) is 5.68. The lowest BCUT2D eigenvalue weighted by Gasteiger charge is -2.17. The zero-order chi connectivity index (χ0) is 21.4. The number of hydrogen-bond acceptors (Lipinski definition) is 5. The SMILES string of the molecule is Cc1sc2c(=O)c(C)c(-c3ccccc3)oc2c1C(C)Nc1ccccc1C(=O)O. The molecule has 6 heteroatoms. The predicted octanol–water partition coefficient (Wildman–Crippen LogP) is 6.01. The largest absolute Gasteiger partial charge is 0.478 e. The number of fused-ring (bicyclic) bond motifs is 1. The van der Waals surface area contributed by atoms with Crippen molar-refractivity contribution in [3.63, 3.8) is 0 Å². The topological polar surface area (TPSA) is 79.5 Å². The number of aryl methyl sites for hydroxylation is 1. The number of thiophene rings is 1. The summed E-state index contributed by atoms with van der Waals surface area (Å²) >= 11 is 1.41. The summed E-state index contributed by atoms with van der Waals surface area (Å²) in [5.74, 6) is -0.434. The van der Waals surface area contributed by atoms with E-state index in [0.29, 0.717) is 27.3 Å². The second-order valence-electron chi connectivity index (χ2n) is 7.20. The first-order chi connectivity index (χ1) is 14.4. The zero-order valence-corrected chi connectivity index (χ0v) is 17.7. The fourth-order valence-corrected chi connectivity index (χ4v) is 4.88. The lowest BCUT2D eigenvalue weighted by molar-refractivity contribution is 0.0698. The van der Waals surface area contributed by atoms with Gasteiger partial charge in [0.1, 0.15) is 10.5 Å². The average Bonchev–Trinajstić information content (AvgIpc) is 3.07. The third kappa shape index (κ3) is 3.39. The maximum atomic E-state index is 13.1. The van der Waals surface area contributed by atoms with Gasteiger partial charge in [0, 0.05) is 27.3 Å². The number of aromatic carboxylic acids is 1. The summed E-state index contributed by atoms with van der Waals surface area (Å²) in [5.41, 5.74) is 3.54. The number of para-hydroxylation sites is 1. The fourth-order valence-electron chi connectivity index (χ4n) is 3.71. The van der Waals surface area contributed by atoms with E-state index in [1.165, 1.54) is 11.3 Å². The van der Waals surface area contributed by atoms with Gasteiger partial charge in [-0.25, -0.2) is 4.79 Å². The smallest absolute Gasteiger partial charge is 0.337 e. The van der Waals surface area contributed by atoms with Crippen molar-refractivity contribution in [1.29, 1.82) is 0 Å². The number of hydrogen-bond donors (Lipinski definition) is 2. The molecule has 0 spiro atoms. The number of benzene rings is 2. The molecule has 0 aliphatic rings. The number of carboxylic acid groups (broad SMARTS) is 1. The highest BCUT2D eigenvalue weighted by molar-refractivity contribution is 7.19. The Morgan fingerprint density at radius 2 is 1.73 bits per heavy atom. The molecule has 0 radical (unpaired) electrons. The molecular formula is C24H21NO4S. The maximum Gasteiger partial charge on any atom is 0.337 e. The third-order valence-corrected chi connectivity index (χ3v) is 6.28. The molecule has 0 amide bonds. The highest BCUT2D eigenvalue weighted by Crippen LogP contribution is 2.38. The minimum absolute atomic E-state index is 0.0346. The van der Waals surface area contributed by atoms with Crippen LogP contribution in [0.2, 0.25) is 0 Å². The Morgan fingerprint density at radius 1 is 1.07 bits per heavy atom. The molecule has 152 valence electrons. The van der Waals surface area contributed by atoms with E-state index in [1.807, 2.05) is 44.2 Å². The molecule has 2 heterocycles. The molecule has 0 aliphatic heterocycles. The van der Waals surface area contributed by atoms with Gasteiger partial charge in [-0.15, -0.1) is 11.3 Å². The first kappa shape index (κ1) is 19.9. The minimum Gasteiger partial charge on any atom is -0.478 e. The van der Waals surface area contributed by atoms with E-state index in [0.717, 1.165) is 16.0 Å². The Kier molecular flexibility index (Phi) is 5.18.